The Balaban J connectivity index is 2.32. The average Bonchev–Trinajstić information content (AvgIpc) is 3.01. The number of alkyl carbamates (subject to hydrolysis) is 1. The fourth-order valence-electron chi connectivity index (χ4n) is 2.24. The standard InChI is InChI=1S/C16H20ClF2N5O2/c1-16(2,3)26-15(25)23-12(7-20)9-4-5-11(17)10(6-9)13-21-8-22-24(13)14(18)19/h4-6,8,12,14H,7,20H2,1-3H3,(H,23,25). The van der Waals surface area contributed by atoms with Gasteiger partial charge in [-0.25, -0.2) is 9.78 Å². The van der Waals surface area contributed by atoms with E-state index in [1.807, 2.05) is 0 Å². The predicted molar refractivity (Wildman–Crippen MR) is 92.9 cm³/mol. The molecular formula is C16H20ClF2N5O2. The summed E-state index contributed by atoms with van der Waals surface area (Å²) in [5.41, 5.74) is 5.91. The van der Waals surface area contributed by atoms with Crippen molar-refractivity contribution in [3.8, 4) is 11.4 Å². The van der Waals surface area contributed by atoms with Crippen LogP contribution in [0, 0.1) is 0 Å². The van der Waals surface area contributed by atoms with Crippen LogP contribution in [0.15, 0.2) is 24.5 Å². The van der Waals surface area contributed by atoms with Gasteiger partial charge in [-0.1, -0.05) is 17.7 Å². The highest BCUT2D eigenvalue weighted by Gasteiger charge is 2.22. The van der Waals surface area contributed by atoms with Crippen molar-refractivity contribution in [2.45, 2.75) is 39.0 Å². The van der Waals surface area contributed by atoms with E-state index in [0.29, 0.717) is 10.2 Å². The van der Waals surface area contributed by atoms with Gasteiger partial charge < -0.3 is 15.8 Å². The van der Waals surface area contributed by atoms with Gasteiger partial charge in [-0.15, -0.1) is 0 Å². The zero-order chi connectivity index (χ0) is 19.5. The highest BCUT2D eigenvalue weighted by molar-refractivity contribution is 6.33. The Morgan fingerprint density at radius 2 is 2.12 bits per heavy atom. The van der Waals surface area contributed by atoms with Gasteiger partial charge in [0.15, 0.2) is 5.82 Å². The normalized spacial score (nSPS) is 12.9. The second-order valence-corrected chi connectivity index (χ2v) is 6.89. The van der Waals surface area contributed by atoms with Crippen LogP contribution in [0.1, 0.15) is 38.9 Å². The third kappa shape index (κ3) is 4.89. The fourth-order valence-corrected chi connectivity index (χ4v) is 2.45. The lowest BCUT2D eigenvalue weighted by molar-refractivity contribution is 0.0505. The highest BCUT2D eigenvalue weighted by Crippen LogP contribution is 2.31. The second-order valence-electron chi connectivity index (χ2n) is 6.48. The van der Waals surface area contributed by atoms with Gasteiger partial charge in [0.1, 0.15) is 11.9 Å². The monoisotopic (exact) mass is 387 g/mol. The van der Waals surface area contributed by atoms with Gasteiger partial charge >= 0.3 is 12.6 Å². The Morgan fingerprint density at radius 3 is 2.69 bits per heavy atom. The maximum Gasteiger partial charge on any atom is 0.408 e. The first-order valence-electron chi connectivity index (χ1n) is 7.79. The molecule has 7 nitrogen and oxygen atoms in total. The number of hydrogen-bond acceptors (Lipinski definition) is 5. The van der Waals surface area contributed by atoms with Crippen molar-refractivity contribution in [3.05, 3.63) is 35.1 Å². The lowest BCUT2D eigenvalue weighted by Crippen LogP contribution is -2.37. The van der Waals surface area contributed by atoms with Gasteiger partial charge in [0.25, 0.3) is 0 Å². The molecule has 0 bridgehead atoms. The third-order valence-electron chi connectivity index (χ3n) is 3.32. The minimum atomic E-state index is -2.86. The number of nitrogens with zero attached hydrogens (tertiary/aromatic N) is 3. The van der Waals surface area contributed by atoms with Gasteiger partial charge in [0, 0.05) is 12.1 Å². The van der Waals surface area contributed by atoms with Gasteiger partial charge in [-0.2, -0.15) is 18.6 Å². The topological polar surface area (TPSA) is 95.1 Å². The SMILES string of the molecule is CC(C)(C)OC(=O)NC(CN)c1ccc(Cl)c(-c2ncnn2C(F)F)c1. The van der Waals surface area contributed by atoms with Crippen LogP contribution in [0.25, 0.3) is 11.4 Å². The minimum absolute atomic E-state index is 0.0713. The molecule has 1 amide bonds. The lowest BCUT2D eigenvalue weighted by atomic mass is 10.0. The molecule has 1 aromatic heterocycles. The van der Waals surface area contributed by atoms with Gasteiger partial charge in [-0.05, 0) is 38.5 Å². The summed E-state index contributed by atoms with van der Waals surface area (Å²) in [6, 6.07) is 4.11. The molecule has 1 aromatic carbocycles. The number of halogens is 3. The summed E-state index contributed by atoms with van der Waals surface area (Å²) in [6.07, 6.45) is 0.379. The Labute approximate surface area is 154 Å². The maximum absolute atomic E-state index is 13.1. The van der Waals surface area contributed by atoms with E-state index in [1.165, 1.54) is 6.07 Å². The van der Waals surface area contributed by atoms with E-state index >= 15 is 0 Å². The molecule has 0 aliphatic heterocycles. The Kier molecular flexibility index (Phi) is 6.14. The summed E-state index contributed by atoms with van der Waals surface area (Å²) in [6.45, 7) is 2.42. The number of carbonyl (C=O) groups excluding carboxylic acids is 1. The third-order valence-corrected chi connectivity index (χ3v) is 3.65. The van der Waals surface area contributed by atoms with E-state index in [-0.39, 0.29) is 23.0 Å². The predicted octanol–water partition coefficient (Wildman–Crippen LogP) is 3.52. The van der Waals surface area contributed by atoms with E-state index in [4.69, 9.17) is 22.1 Å². The molecule has 0 radical (unpaired) electrons. The minimum Gasteiger partial charge on any atom is -0.444 e. The maximum atomic E-state index is 13.1. The molecule has 3 N–H and O–H groups in total. The Morgan fingerprint density at radius 1 is 1.42 bits per heavy atom. The zero-order valence-corrected chi connectivity index (χ0v) is 15.3. The van der Waals surface area contributed by atoms with Crippen molar-refractivity contribution in [2.75, 3.05) is 6.54 Å². The summed E-state index contributed by atoms with van der Waals surface area (Å²) >= 11 is 6.14. The van der Waals surface area contributed by atoms with E-state index in [9.17, 15) is 13.6 Å². The summed E-state index contributed by atoms with van der Waals surface area (Å²) in [5.74, 6) is -0.0834. The molecular weight excluding hydrogens is 368 g/mol. The van der Waals surface area contributed by atoms with Crippen LogP contribution in [0.2, 0.25) is 5.02 Å². The molecule has 10 heteroatoms. The number of carbonyl (C=O) groups is 1. The molecule has 1 heterocycles. The van der Waals surface area contributed by atoms with Crippen molar-refractivity contribution < 1.29 is 18.3 Å². The molecule has 1 atom stereocenters. The van der Waals surface area contributed by atoms with E-state index in [2.05, 4.69) is 15.4 Å². The largest absolute Gasteiger partial charge is 0.444 e. The molecule has 0 aliphatic rings. The molecule has 0 spiro atoms. The van der Waals surface area contributed by atoms with Crippen molar-refractivity contribution in [2.24, 2.45) is 5.73 Å². The van der Waals surface area contributed by atoms with Gasteiger partial charge in [-0.3, -0.25) is 0 Å². The number of rotatable bonds is 5. The number of aromatic nitrogens is 3. The molecule has 26 heavy (non-hydrogen) atoms. The zero-order valence-electron chi connectivity index (χ0n) is 14.5. The van der Waals surface area contributed by atoms with Crippen LogP contribution in [0.3, 0.4) is 0 Å². The number of benzene rings is 1. The number of nitrogens with two attached hydrogens (primary N) is 1. The number of ether oxygens (including phenoxy) is 1. The van der Waals surface area contributed by atoms with Crippen LogP contribution in [0.4, 0.5) is 13.6 Å². The summed E-state index contributed by atoms with van der Waals surface area (Å²) < 4.78 is 31.8. The molecule has 2 aromatic rings. The molecule has 0 aliphatic carbocycles. The molecule has 0 fully saturated rings. The van der Waals surface area contributed by atoms with Crippen LogP contribution < -0.4 is 11.1 Å². The quantitative estimate of drug-likeness (QED) is 0.818. The fraction of sp³-hybridized carbons (Fsp3) is 0.438. The van der Waals surface area contributed by atoms with Crippen LogP contribution in [-0.2, 0) is 4.74 Å². The molecule has 2 rings (SSSR count). The van der Waals surface area contributed by atoms with E-state index in [1.54, 1.807) is 32.9 Å². The average molecular weight is 388 g/mol. The summed E-state index contributed by atoms with van der Waals surface area (Å²) in [5, 5.41) is 6.37. The van der Waals surface area contributed by atoms with Crippen molar-refractivity contribution in [1.82, 2.24) is 20.1 Å². The second kappa shape index (κ2) is 7.96. The number of nitrogens with one attached hydrogen (secondary N) is 1. The molecule has 0 saturated heterocycles. The first kappa shape index (κ1) is 20.1. The number of hydrogen-bond donors (Lipinski definition) is 2. The summed E-state index contributed by atoms with van der Waals surface area (Å²) in [7, 11) is 0. The smallest absolute Gasteiger partial charge is 0.408 e. The number of amides is 1. The van der Waals surface area contributed by atoms with Crippen LogP contribution in [0.5, 0.6) is 0 Å². The molecule has 142 valence electrons. The van der Waals surface area contributed by atoms with E-state index in [0.717, 1.165) is 6.33 Å². The van der Waals surface area contributed by atoms with Gasteiger partial charge in [0.2, 0.25) is 0 Å². The van der Waals surface area contributed by atoms with Crippen molar-refractivity contribution in [1.29, 1.82) is 0 Å². The first-order valence-corrected chi connectivity index (χ1v) is 8.17. The highest BCUT2D eigenvalue weighted by atomic mass is 35.5. The van der Waals surface area contributed by atoms with Crippen LogP contribution >= 0.6 is 11.6 Å². The van der Waals surface area contributed by atoms with E-state index < -0.39 is 24.3 Å². The molecule has 1 unspecified atom stereocenters. The van der Waals surface area contributed by atoms with Crippen molar-refractivity contribution >= 4 is 17.7 Å². The van der Waals surface area contributed by atoms with Crippen LogP contribution in [-0.4, -0.2) is 33.0 Å². The lowest BCUT2D eigenvalue weighted by Gasteiger charge is -2.23. The Bertz CT molecular complexity index is 776. The van der Waals surface area contributed by atoms with Crippen molar-refractivity contribution in [3.63, 3.8) is 0 Å². The first-order chi connectivity index (χ1) is 12.1. The number of alkyl halides is 2. The van der Waals surface area contributed by atoms with Gasteiger partial charge in [0.05, 0.1) is 11.1 Å². The molecule has 0 saturated carbocycles. The summed E-state index contributed by atoms with van der Waals surface area (Å²) in [4.78, 5) is 15.8. The Hall–Kier alpha value is -2.26.